The Morgan fingerprint density at radius 1 is 0.582 bits per heavy atom. The van der Waals surface area contributed by atoms with Crippen LogP contribution in [0.3, 0.4) is 0 Å². The highest BCUT2D eigenvalue weighted by molar-refractivity contribution is 5.97. The molecule has 15 heteroatoms. The molecule has 6 atom stereocenters. The van der Waals surface area contributed by atoms with Gasteiger partial charge < -0.3 is 42.2 Å². The predicted octanol–water partition coefficient (Wildman–Crippen LogP) is 1.12. The number of carbonyl (C=O) groups is 7. The number of H-pyrrole nitrogens is 1. The number of amides is 7. The zero-order chi connectivity index (χ0) is 40.2. The normalized spacial score (nSPS) is 24.6. The van der Waals surface area contributed by atoms with Crippen LogP contribution >= 0.6 is 0 Å². The molecule has 0 bridgehead atoms. The molecule has 8 N–H and O–H groups in total. The molecule has 1 aliphatic heterocycles. The quantitative estimate of drug-likeness (QED) is 0.183. The Labute approximate surface area is 321 Å². The van der Waals surface area contributed by atoms with Gasteiger partial charge in [-0.1, -0.05) is 76.2 Å². The molecule has 0 aliphatic carbocycles. The van der Waals surface area contributed by atoms with Crippen molar-refractivity contribution in [1.82, 2.24) is 42.2 Å². The van der Waals surface area contributed by atoms with Crippen molar-refractivity contribution in [2.75, 3.05) is 6.54 Å². The van der Waals surface area contributed by atoms with E-state index in [0.29, 0.717) is 0 Å². The number of benzene rings is 2. The van der Waals surface area contributed by atoms with Crippen molar-refractivity contribution < 1.29 is 33.6 Å². The number of rotatable bonds is 6. The second-order valence-electron chi connectivity index (χ2n) is 14.8. The van der Waals surface area contributed by atoms with Crippen LogP contribution < -0.4 is 37.2 Å². The van der Waals surface area contributed by atoms with Gasteiger partial charge in [-0.25, -0.2) is 0 Å². The summed E-state index contributed by atoms with van der Waals surface area (Å²) in [6.07, 6.45) is 2.21. The molecular formula is C40H54N8O7. The number of nitrogens with one attached hydrogen (secondary N) is 8. The van der Waals surface area contributed by atoms with Crippen LogP contribution in [0.25, 0.3) is 10.9 Å². The number of fused-ring (bicyclic) bond motifs is 1. The van der Waals surface area contributed by atoms with Crippen molar-refractivity contribution in [2.45, 2.75) is 103 Å². The molecule has 2 unspecified atom stereocenters. The van der Waals surface area contributed by atoms with Gasteiger partial charge in [-0.2, -0.15) is 0 Å². The van der Waals surface area contributed by atoms with Gasteiger partial charge in [0.2, 0.25) is 41.4 Å². The Morgan fingerprint density at radius 2 is 1.13 bits per heavy atom. The van der Waals surface area contributed by atoms with Gasteiger partial charge in [0.15, 0.2) is 0 Å². The number of aromatic nitrogens is 1. The van der Waals surface area contributed by atoms with Crippen LogP contribution in [0.4, 0.5) is 0 Å². The molecule has 2 aromatic carbocycles. The summed E-state index contributed by atoms with van der Waals surface area (Å²) >= 11 is 0. The molecule has 55 heavy (non-hydrogen) atoms. The van der Waals surface area contributed by atoms with Crippen LogP contribution in [0.15, 0.2) is 60.8 Å². The van der Waals surface area contributed by atoms with Crippen molar-refractivity contribution in [1.29, 1.82) is 0 Å². The summed E-state index contributed by atoms with van der Waals surface area (Å²) in [6, 6.07) is 10.1. The maximum Gasteiger partial charge on any atom is 0.243 e. The van der Waals surface area contributed by atoms with E-state index in [1.165, 1.54) is 13.8 Å². The van der Waals surface area contributed by atoms with Gasteiger partial charge in [0.25, 0.3) is 0 Å². The third kappa shape index (κ3) is 11.9. The Bertz CT molecular complexity index is 1840. The molecule has 1 aliphatic rings. The maximum atomic E-state index is 13.9. The largest absolute Gasteiger partial charge is 0.361 e. The number of hydrogen-bond donors (Lipinski definition) is 8. The summed E-state index contributed by atoms with van der Waals surface area (Å²) in [7, 11) is 0. The van der Waals surface area contributed by atoms with Gasteiger partial charge in [0, 0.05) is 42.9 Å². The lowest BCUT2D eigenvalue weighted by molar-refractivity contribution is -0.136. The molecule has 7 amide bonds. The molecule has 1 fully saturated rings. The summed E-state index contributed by atoms with van der Waals surface area (Å²) in [6.45, 7) is 10.0. The third-order valence-corrected chi connectivity index (χ3v) is 9.54. The Hall–Kier alpha value is -5.73. The van der Waals surface area contributed by atoms with E-state index in [-0.39, 0.29) is 32.2 Å². The summed E-state index contributed by atoms with van der Waals surface area (Å²) in [5, 5.41) is 20.0. The lowest BCUT2D eigenvalue weighted by Gasteiger charge is -2.29. The average molecular weight is 759 g/mol. The zero-order valence-electron chi connectivity index (χ0n) is 32.3. The van der Waals surface area contributed by atoms with Crippen molar-refractivity contribution in [3.8, 4) is 0 Å². The highest BCUT2D eigenvalue weighted by atomic mass is 16.2. The third-order valence-electron chi connectivity index (χ3n) is 9.54. The molecule has 15 nitrogen and oxygen atoms in total. The molecule has 296 valence electrons. The van der Waals surface area contributed by atoms with E-state index in [9.17, 15) is 33.6 Å². The Kier molecular flexibility index (Phi) is 14.9. The first kappa shape index (κ1) is 42.0. The number of carbonyl (C=O) groups excluding carboxylic acids is 7. The summed E-state index contributed by atoms with van der Waals surface area (Å²) in [5.41, 5.74) is 2.39. The topological polar surface area (TPSA) is 219 Å². The first-order chi connectivity index (χ1) is 26.1. The van der Waals surface area contributed by atoms with E-state index < -0.39 is 89.4 Å². The molecule has 0 saturated carbocycles. The van der Waals surface area contributed by atoms with Gasteiger partial charge in [-0.15, -0.1) is 0 Å². The monoisotopic (exact) mass is 758 g/mol. The van der Waals surface area contributed by atoms with E-state index >= 15 is 0 Å². The number of para-hydroxylation sites is 1. The molecule has 0 radical (unpaired) electrons. The summed E-state index contributed by atoms with van der Waals surface area (Å²) in [5.74, 6) is -4.87. The van der Waals surface area contributed by atoms with Gasteiger partial charge >= 0.3 is 0 Å². The van der Waals surface area contributed by atoms with E-state index in [2.05, 4.69) is 42.2 Å². The molecular weight excluding hydrogens is 704 g/mol. The molecule has 4 rings (SSSR count). The van der Waals surface area contributed by atoms with Crippen LogP contribution in [0.2, 0.25) is 0 Å². The number of aromatic amines is 1. The minimum atomic E-state index is -1.15. The fraction of sp³-hybridized carbons (Fsp3) is 0.475. The first-order valence-electron chi connectivity index (χ1n) is 18.8. The van der Waals surface area contributed by atoms with Crippen LogP contribution in [0.1, 0.15) is 65.5 Å². The highest BCUT2D eigenvalue weighted by Gasteiger charge is 2.34. The van der Waals surface area contributed by atoms with Crippen LogP contribution in [-0.2, 0) is 46.4 Å². The average Bonchev–Trinajstić information content (AvgIpc) is 3.55. The van der Waals surface area contributed by atoms with Crippen LogP contribution in [0, 0.1) is 11.8 Å². The second kappa shape index (κ2) is 19.6. The molecule has 0 spiro atoms. The van der Waals surface area contributed by atoms with Gasteiger partial charge in [0.05, 0.1) is 0 Å². The van der Waals surface area contributed by atoms with Gasteiger partial charge in [0.1, 0.15) is 36.3 Å². The standard InChI is InChI=1S/C40H54N8O7/c1-22(2)33-39(54)44-25(6)35(50)45-31(20-27-21-42-29-16-11-10-15-28(27)29)37(52)41-18-12-17-32(49)43-24(5)36(51)47-34(23(3)4)40(55)46-30(38(53)48-33)19-26-13-8-7-9-14-26/h7-11,13-16,21-25,30-31,33-34,42H,12,17-20H2,1-6H3,(H,41,52)(H,43,49)(H,44,54)(H,45,50)(H,46,55)(H,47,51)(H,48,53)/t24-,25-,30?,31-,33?,34-/m1/s1. The first-order valence-corrected chi connectivity index (χ1v) is 18.8. The number of hydrogen-bond acceptors (Lipinski definition) is 7. The molecule has 1 saturated heterocycles. The Morgan fingerprint density at radius 3 is 1.80 bits per heavy atom. The van der Waals surface area contributed by atoms with Crippen molar-refractivity contribution in [3.05, 3.63) is 71.9 Å². The summed E-state index contributed by atoms with van der Waals surface area (Å²) < 4.78 is 0. The molecule has 1 aromatic heterocycles. The lowest BCUT2D eigenvalue weighted by Crippen LogP contribution is -2.61. The van der Waals surface area contributed by atoms with Crippen molar-refractivity contribution >= 4 is 52.3 Å². The van der Waals surface area contributed by atoms with Crippen molar-refractivity contribution in [2.24, 2.45) is 11.8 Å². The van der Waals surface area contributed by atoms with Gasteiger partial charge in [-0.3, -0.25) is 33.6 Å². The highest BCUT2D eigenvalue weighted by Crippen LogP contribution is 2.19. The molecule has 2 heterocycles. The zero-order valence-corrected chi connectivity index (χ0v) is 32.3. The van der Waals surface area contributed by atoms with E-state index in [1.54, 1.807) is 58.2 Å². The second-order valence-corrected chi connectivity index (χ2v) is 14.8. The predicted molar refractivity (Wildman–Crippen MR) is 207 cm³/mol. The van der Waals surface area contributed by atoms with Gasteiger partial charge in [-0.05, 0) is 49.3 Å². The SMILES string of the molecule is CC(C)C1NC(=O)C(Cc2ccccc2)NC(=O)[C@@H](C(C)C)NC(=O)[C@@H](C)NC(=O)CCCNC(=O)[C@@H](Cc2c[nH]c3ccccc23)NC(=O)[C@@H](C)NC1=O. The van der Waals surface area contributed by atoms with E-state index in [4.69, 9.17) is 0 Å². The fourth-order valence-corrected chi connectivity index (χ4v) is 6.28. The van der Waals surface area contributed by atoms with Crippen LogP contribution in [0.5, 0.6) is 0 Å². The smallest absolute Gasteiger partial charge is 0.243 e. The van der Waals surface area contributed by atoms with Crippen LogP contribution in [-0.4, -0.2) is 89.1 Å². The van der Waals surface area contributed by atoms with E-state index in [1.807, 2.05) is 30.3 Å². The summed E-state index contributed by atoms with van der Waals surface area (Å²) in [4.78, 5) is 97.6. The molecule has 3 aromatic rings. The fourth-order valence-electron chi connectivity index (χ4n) is 6.28. The minimum Gasteiger partial charge on any atom is -0.361 e. The van der Waals surface area contributed by atoms with Crippen molar-refractivity contribution in [3.63, 3.8) is 0 Å². The maximum absolute atomic E-state index is 13.9. The minimum absolute atomic E-state index is 0.0121. The van der Waals surface area contributed by atoms with E-state index in [0.717, 1.165) is 22.0 Å². The Balaban J connectivity index is 1.63. The lowest BCUT2D eigenvalue weighted by atomic mass is 9.99.